The molecule has 0 fully saturated rings. The molecule has 0 unspecified atom stereocenters. The second-order valence-corrected chi connectivity index (χ2v) is 7.83. The van der Waals surface area contributed by atoms with Gasteiger partial charge in [-0.25, -0.2) is 4.79 Å². The SMILES string of the molecule is COc1cc([C@H]2c3c(cc(C)oc3=O)O[C@H]2C(=O)Nc2ccc(Cl)cc2)cc(OC)c1OC. The third-order valence-corrected chi connectivity index (χ3v) is 5.61. The molecule has 1 aliphatic rings. The molecule has 3 aromatic rings. The van der Waals surface area contributed by atoms with Crippen molar-refractivity contribution in [3.63, 3.8) is 0 Å². The van der Waals surface area contributed by atoms with Crippen molar-refractivity contribution in [2.45, 2.75) is 18.9 Å². The molecule has 8 nitrogen and oxygen atoms in total. The van der Waals surface area contributed by atoms with E-state index >= 15 is 0 Å². The van der Waals surface area contributed by atoms with Gasteiger partial charge in [-0.05, 0) is 48.9 Å². The molecule has 0 saturated carbocycles. The zero-order valence-corrected chi connectivity index (χ0v) is 19.2. The molecule has 172 valence electrons. The molecule has 2 aromatic carbocycles. The van der Waals surface area contributed by atoms with Crippen molar-refractivity contribution in [2.24, 2.45) is 0 Å². The lowest BCUT2D eigenvalue weighted by Gasteiger charge is -2.21. The minimum Gasteiger partial charge on any atom is -0.493 e. The number of fused-ring (bicyclic) bond motifs is 1. The van der Waals surface area contributed by atoms with E-state index in [1.165, 1.54) is 21.3 Å². The van der Waals surface area contributed by atoms with Crippen LogP contribution in [0.2, 0.25) is 5.02 Å². The summed E-state index contributed by atoms with van der Waals surface area (Å²) in [6.07, 6.45) is -1.05. The third kappa shape index (κ3) is 4.21. The number of ether oxygens (including phenoxy) is 4. The molecular formula is C24H22ClNO7. The summed E-state index contributed by atoms with van der Waals surface area (Å²) < 4.78 is 27.6. The minimum atomic E-state index is -1.05. The topological polar surface area (TPSA) is 96.2 Å². The Bertz CT molecular complexity index is 1230. The Balaban J connectivity index is 1.82. The van der Waals surface area contributed by atoms with Crippen LogP contribution in [0.5, 0.6) is 23.0 Å². The van der Waals surface area contributed by atoms with Crippen molar-refractivity contribution in [3.05, 3.63) is 74.8 Å². The average molecular weight is 472 g/mol. The number of aryl methyl sites for hydroxylation is 1. The van der Waals surface area contributed by atoms with Gasteiger partial charge in [0, 0.05) is 16.8 Å². The lowest BCUT2D eigenvalue weighted by Crippen LogP contribution is -2.35. The fourth-order valence-corrected chi connectivity index (χ4v) is 4.03. The van der Waals surface area contributed by atoms with Crippen molar-refractivity contribution in [1.82, 2.24) is 0 Å². The van der Waals surface area contributed by atoms with Crippen LogP contribution >= 0.6 is 11.6 Å². The Morgan fingerprint density at radius 3 is 2.21 bits per heavy atom. The van der Waals surface area contributed by atoms with Gasteiger partial charge >= 0.3 is 5.63 Å². The van der Waals surface area contributed by atoms with Crippen LogP contribution in [0.3, 0.4) is 0 Å². The first-order valence-corrected chi connectivity index (χ1v) is 10.4. The summed E-state index contributed by atoms with van der Waals surface area (Å²) in [5.74, 6) is 0.602. The van der Waals surface area contributed by atoms with Crippen LogP contribution in [0.4, 0.5) is 5.69 Å². The van der Waals surface area contributed by atoms with Crippen LogP contribution in [-0.4, -0.2) is 33.3 Å². The van der Waals surface area contributed by atoms with E-state index in [1.807, 2.05) is 0 Å². The highest BCUT2D eigenvalue weighted by atomic mass is 35.5. The monoisotopic (exact) mass is 471 g/mol. The van der Waals surface area contributed by atoms with E-state index in [2.05, 4.69) is 5.32 Å². The molecule has 9 heteroatoms. The second kappa shape index (κ2) is 9.07. The number of benzene rings is 2. The zero-order valence-electron chi connectivity index (χ0n) is 18.4. The summed E-state index contributed by atoms with van der Waals surface area (Å²) in [5.41, 5.74) is 0.767. The van der Waals surface area contributed by atoms with E-state index in [9.17, 15) is 9.59 Å². The Labute approximate surface area is 195 Å². The van der Waals surface area contributed by atoms with Crippen LogP contribution in [0.15, 0.2) is 51.7 Å². The molecule has 33 heavy (non-hydrogen) atoms. The van der Waals surface area contributed by atoms with E-state index in [1.54, 1.807) is 49.4 Å². The third-order valence-electron chi connectivity index (χ3n) is 5.36. The molecule has 0 saturated heterocycles. The normalized spacial score (nSPS) is 16.5. The van der Waals surface area contributed by atoms with Gasteiger partial charge in [0.1, 0.15) is 11.5 Å². The van der Waals surface area contributed by atoms with Crippen molar-refractivity contribution in [3.8, 4) is 23.0 Å². The first-order chi connectivity index (χ1) is 15.9. The average Bonchev–Trinajstić information content (AvgIpc) is 3.19. The number of hydrogen-bond acceptors (Lipinski definition) is 7. The molecule has 4 rings (SSSR count). The van der Waals surface area contributed by atoms with Crippen molar-refractivity contribution in [1.29, 1.82) is 0 Å². The van der Waals surface area contributed by atoms with Crippen LogP contribution in [0.1, 0.15) is 22.8 Å². The number of amides is 1. The molecule has 0 aliphatic carbocycles. The lowest BCUT2D eigenvalue weighted by molar-refractivity contribution is -0.122. The van der Waals surface area contributed by atoms with E-state index in [0.29, 0.717) is 45.0 Å². The number of carbonyl (C=O) groups is 1. The van der Waals surface area contributed by atoms with Crippen LogP contribution in [-0.2, 0) is 4.79 Å². The van der Waals surface area contributed by atoms with Crippen molar-refractivity contribution < 1.29 is 28.2 Å². The van der Waals surface area contributed by atoms with Crippen LogP contribution in [0, 0.1) is 6.92 Å². The van der Waals surface area contributed by atoms with Gasteiger partial charge in [-0.15, -0.1) is 0 Å². The lowest BCUT2D eigenvalue weighted by atomic mass is 9.88. The number of anilines is 1. The smallest absolute Gasteiger partial charge is 0.343 e. The molecule has 0 radical (unpaired) electrons. The van der Waals surface area contributed by atoms with Gasteiger partial charge in [0.25, 0.3) is 5.91 Å². The van der Waals surface area contributed by atoms with E-state index in [0.717, 1.165) is 0 Å². The minimum absolute atomic E-state index is 0.242. The Morgan fingerprint density at radius 2 is 1.64 bits per heavy atom. The van der Waals surface area contributed by atoms with Gasteiger partial charge in [-0.3, -0.25) is 4.79 Å². The van der Waals surface area contributed by atoms with Gasteiger partial charge in [0.2, 0.25) is 5.75 Å². The summed E-state index contributed by atoms with van der Waals surface area (Å²) in [6.45, 7) is 1.64. The van der Waals surface area contributed by atoms with E-state index < -0.39 is 23.6 Å². The molecule has 1 aliphatic heterocycles. The largest absolute Gasteiger partial charge is 0.493 e. The summed E-state index contributed by atoms with van der Waals surface area (Å²) in [6, 6.07) is 11.6. The number of carbonyl (C=O) groups excluding carboxylic acids is 1. The fourth-order valence-electron chi connectivity index (χ4n) is 3.90. The Morgan fingerprint density at radius 1 is 1.00 bits per heavy atom. The second-order valence-electron chi connectivity index (χ2n) is 7.39. The molecule has 2 atom stereocenters. The molecule has 2 heterocycles. The predicted octanol–water partition coefficient (Wildman–Crippen LogP) is 4.16. The van der Waals surface area contributed by atoms with E-state index in [-0.39, 0.29) is 5.56 Å². The number of hydrogen-bond donors (Lipinski definition) is 1. The molecule has 1 amide bonds. The molecule has 0 spiro atoms. The van der Waals surface area contributed by atoms with Crippen molar-refractivity contribution in [2.75, 3.05) is 26.6 Å². The first-order valence-electron chi connectivity index (χ1n) is 10.0. The summed E-state index contributed by atoms with van der Waals surface area (Å²) in [4.78, 5) is 26.1. The van der Waals surface area contributed by atoms with Crippen LogP contribution in [0.25, 0.3) is 0 Å². The summed E-state index contributed by atoms with van der Waals surface area (Å²) in [5, 5.41) is 3.36. The zero-order chi connectivity index (χ0) is 23.7. The highest BCUT2D eigenvalue weighted by Crippen LogP contribution is 2.46. The molecule has 1 N–H and O–H groups in total. The maximum absolute atomic E-state index is 13.3. The predicted molar refractivity (Wildman–Crippen MR) is 122 cm³/mol. The number of methoxy groups -OCH3 is 3. The van der Waals surface area contributed by atoms with Gasteiger partial charge in [-0.1, -0.05) is 11.6 Å². The molecular weight excluding hydrogens is 450 g/mol. The van der Waals surface area contributed by atoms with Gasteiger partial charge in [-0.2, -0.15) is 0 Å². The maximum atomic E-state index is 13.3. The van der Waals surface area contributed by atoms with Crippen LogP contribution < -0.4 is 29.9 Å². The number of halogens is 1. The fraction of sp³-hybridized carbons (Fsp3) is 0.250. The summed E-state index contributed by atoms with van der Waals surface area (Å²) in [7, 11) is 4.47. The quantitative estimate of drug-likeness (QED) is 0.576. The first kappa shape index (κ1) is 22.5. The standard InChI is InChI=1S/C24H22ClNO7/c1-12-9-16-20(24(28)32-12)19(13-10-17(29-2)21(31-4)18(11-13)30-3)22(33-16)23(27)26-15-7-5-14(25)6-8-15/h5-11,19,22H,1-4H3,(H,26,27)/t19-,22+/m0/s1. The Kier molecular flexibility index (Phi) is 6.20. The number of nitrogens with one attached hydrogen (secondary N) is 1. The molecule has 1 aromatic heterocycles. The van der Waals surface area contributed by atoms with Gasteiger partial charge < -0.3 is 28.7 Å². The summed E-state index contributed by atoms with van der Waals surface area (Å²) >= 11 is 5.94. The van der Waals surface area contributed by atoms with Gasteiger partial charge in [0.05, 0.1) is 32.8 Å². The highest BCUT2D eigenvalue weighted by Gasteiger charge is 2.44. The van der Waals surface area contributed by atoms with E-state index in [4.69, 9.17) is 35.0 Å². The van der Waals surface area contributed by atoms with Crippen molar-refractivity contribution >= 4 is 23.2 Å². The highest BCUT2D eigenvalue weighted by molar-refractivity contribution is 6.30. The number of rotatable bonds is 6. The molecule has 0 bridgehead atoms. The Hall–Kier alpha value is -3.65. The van der Waals surface area contributed by atoms with Gasteiger partial charge in [0.15, 0.2) is 17.6 Å². The maximum Gasteiger partial charge on any atom is 0.343 e.